The highest BCUT2D eigenvalue weighted by atomic mass is 19.1. The molecule has 1 saturated heterocycles. The lowest BCUT2D eigenvalue weighted by molar-refractivity contribution is 0.0741. The van der Waals surface area contributed by atoms with E-state index in [9.17, 15) is 9.18 Å². The zero-order valence-electron chi connectivity index (χ0n) is 9.79. The maximum absolute atomic E-state index is 13.5. The lowest BCUT2D eigenvalue weighted by atomic mass is 10.1. The molecule has 1 fully saturated rings. The first-order valence-corrected chi connectivity index (χ1v) is 6.03. The van der Waals surface area contributed by atoms with E-state index in [-0.39, 0.29) is 11.5 Å². The Morgan fingerprint density at radius 3 is 2.47 bits per heavy atom. The number of nitrogens with one attached hydrogen (secondary N) is 1. The summed E-state index contributed by atoms with van der Waals surface area (Å²) >= 11 is 0. The van der Waals surface area contributed by atoms with Crippen molar-refractivity contribution in [3.05, 3.63) is 35.6 Å². The zero-order chi connectivity index (χ0) is 12.1. The molecule has 0 bridgehead atoms. The number of rotatable bonds is 1. The first-order valence-electron chi connectivity index (χ1n) is 6.03. The van der Waals surface area contributed by atoms with Crippen molar-refractivity contribution in [2.75, 3.05) is 26.2 Å². The molecule has 0 saturated carbocycles. The molecule has 1 amide bonds. The maximum atomic E-state index is 13.5. The monoisotopic (exact) mass is 236 g/mol. The molecule has 1 aliphatic rings. The normalized spacial score (nSPS) is 17.4. The number of carbonyl (C=O) groups excluding carboxylic acids is 1. The van der Waals surface area contributed by atoms with E-state index in [4.69, 9.17) is 0 Å². The van der Waals surface area contributed by atoms with Crippen LogP contribution >= 0.6 is 0 Å². The van der Waals surface area contributed by atoms with Crippen LogP contribution in [0.3, 0.4) is 0 Å². The summed E-state index contributed by atoms with van der Waals surface area (Å²) in [4.78, 5) is 13.9. The van der Waals surface area contributed by atoms with E-state index in [1.807, 2.05) is 0 Å². The van der Waals surface area contributed by atoms with E-state index < -0.39 is 5.82 Å². The van der Waals surface area contributed by atoms with Crippen LogP contribution in [0.15, 0.2) is 24.3 Å². The van der Waals surface area contributed by atoms with Crippen LogP contribution in [0, 0.1) is 5.82 Å². The van der Waals surface area contributed by atoms with Crippen LogP contribution < -0.4 is 5.32 Å². The molecule has 3 nitrogen and oxygen atoms in total. The Morgan fingerprint density at radius 1 is 1.18 bits per heavy atom. The van der Waals surface area contributed by atoms with Crippen LogP contribution in [-0.4, -0.2) is 37.0 Å². The van der Waals surface area contributed by atoms with Gasteiger partial charge in [-0.05, 0) is 38.1 Å². The van der Waals surface area contributed by atoms with Gasteiger partial charge in [-0.15, -0.1) is 0 Å². The van der Waals surface area contributed by atoms with Gasteiger partial charge in [0.25, 0.3) is 5.91 Å². The standard InChI is InChI=1S/C13H17FN2O/c14-12-6-2-1-5-11(12)13(17)16-9-3-7-15-8-4-10-16/h1-2,5-6,15H,3-4,7-10H2. The molecule has 0 atom stereocenters. The maximum Gasteiger partial charge on any atom is 0.256 e. The Hall–Kier alpha value is -1.42. The number of benzene rings is 1. The van der Waals surface area contributed by atoms with Crippen molar-refractivity contribution in [1.29, 1.82) is 0 Å². The fraction of sp³-hybridized carbons (Fsp3) is 0.462. The number of carbonyl (C=O) groups is 1. The van der Waals surface area contributed by atoms with Gasteiger partial charge in [0.05, 0.1) is 5.56 Å². The van der Waals surface area contributed by atoms with E-state index in [1.165, 1.54) is 6.07 Å². The van der Waals surface area contributed by atoms with E-state index in [0.29, 0.717) is 13.1 Å². The van der Waals surface area contributed by atoms with Crippen LogP contribution in [0.25, 0.3) is 0 Å². The Labute approximate surface area is 101 Å². The van der Waals surface area contributed by atoms with Gasteiger partial charge in [0.15, 0.2) is 0 Å². The number of hydrogen-bond acceptors (Lipinski definition) is 2. The van der Waals surface area contributed by atoms with Crippen LogP contribution in [-0.2, 0) is 0 Å². The van der Waals surface area contributed by atoms with Gasteiger partial charge in [0, 0.05) is 13.1 Å². The van der Waals surface area contributed by atoms with E-state index in [1.54, 1.807) is 23.1 Å². The highest BCUT2D eigenvalue weighted by molar-refractivity contribution is 5.94. The van der Waals surface area contributed by atoms with Gasteiger partial charge in [-0.3, -0.25) is 4.79 Å². The molecule has 1 heterocycles. The summed E-state index contributed by atoms with van der Waals surface area (Å²) in [7, 11) is 0. The minimum Gasteiger partial charge on any atom is -0.338 e. The van der Waals surface area contributed by atoms with Crippen LogP contribution in [0.5, 0.6) is 0 Å². The number of nitrogens with zero attached hydrogens (tertiary/aromatic N) is 1. The van der Waals surface area contributed by atoms with Crippen molar-refractivity contribution in [3.63, 3.8) is 0 Å². The van der Waals surface area contributed by atoms with Gasteiger partial charge in [-0.1, -0.05) is 12.1 Å². The van der Waals surface area contributed by atoms with Gasteiger partial charge in [0.2, 0.25) is 0 Å². The second-order valence-electron chi connectivity index (χ2n) is 4.23. The second-order valence-corrected chi connectivity index (χ2v) is 4.23. The van der Waals surface area contributed by atoms with Crippen LogP contribution in [0.1, 0.15) is 23.2 Å². The molecule has 1 aliphatic heterocycles. The fourth-order valence-corrected chi connectivity index (χ4v) is 2.03. The summed E-state index contributed by atoms with van der Waals surface area (Å²) in [5, 5.41) is 3.29. The zero-order valence-corrected chi connectivity index (χ0v) is 9.79. The van der Waals surface area contributed by atoms with Gasteiger partial charge >= 0.3 is 0 Å². The SMILES string of the molecule is O=C(c1ccccc1F)N1CCCNCCC1. The largest absolute Gasteiger partial charge is 0.338 e. The van der Waals surface area contributed by atoms with Crippen molar-refractivity contribution < 1.29 is 9.18 Å². The Balaban J connectivity index is 2.10. The minimum absolute atomic E-state index is 0.182. The van der Waals surface area contributed by atoms with E-state index >= 15 is 0 Å². The van der Waals surface area contributed by atoms with Gasteiger partial charge < -0.3 is 10.2 Å². The van der Waals surface area contributed by atoms with Gasteiger partial charge in [-0.2, -0.15) is 0 Å². The molecule has 2 rings (SSSR count). The first kappa shape index (κ1) is 12.0. The van der Waals surface area contributed by atoms with Crippen molar-refractivity contribution in [2.24, 2.45) is 0 Å². The molecule has 92 valence electrons. The van der Waals surface area contributed by atoms with Crippen LogP contribution in [0.2, 0.25) is 0 Å². The fourth-order valence-electron chi connectivity index (χ4n) is 2.03. The lowest BCUT2D eigenvalue weighted by Gasteiger charge is -2.25. The topological polar surface area (TPSA) is 32.3 Å². The third kappa shape index (κ3) is 3.03. The highest BCUT2D eigenvalue weighted by Gasteiger charge is 2.18. The molecule has 1 N–H and O–H groups in total. The van der Waals surface area contributed by atoms with Crippen molar-refractivity contribution in [3.8, 4) is 0 Å². The van der Waals surface area contributed by atoms with E-state index in [2.05, 4.69) is 5.32 Å². The number of amides is 1. The third-order valence-corrected chi connectivity index (χ3v) is 2.95. The summed E-state index contributed by atoms with van der Waals surface area (Å²) in [5.41, 5.74) is 0.182. The van der Waals surface area contributed by atoms with Gasteiger partial charge in [0.1, 0.15) is 5.82 Å². The Morgan fingerprint density at radius 2 is 1.82 bits per heavy atom. The highest BCUT2D eigenvalue weighted by Crippen LogP contribution is 2.11. The second kappa shape index (κ2) is 5.77. The predicted molar refractivity (Wildman–Crippen MR) is 64.4 cm³/mol. The average molecular weight is 236 g/mol. The molecule has 0 spiro atoms. The molecule has 1 aromatic carbocycles. The molecule has 0 aliphatic carbocycles. The molecule has 0 unspecified atom stereocenters. The van der Waals surface area contributed by atoms with Crippen LogP contribution in [0.4, 0.5) is 4.39 Å². The summed E-state index contributed by atoms with van der Waals surface area (Å²) in [5.74, 6) is -0.623. The molecule has 4 heteroatoms. The molecular weight excluding hydrogens is 219 g/mol. The molecule has 0 radical (unpaired) electrons. The molecular formula is C13H17FN2O. The third-order valence-electron chi connectivity index (χ3n) is 2.95. The molecule has 17 heavy (non-hydrogen) atoms. The lowest BCUT2D eigenvalue weighted by Crippen LogP contribution is -2.38. The molecule has 0 aromatic heterocycles. The summed E-state index contributed by atoms with van der Waals surface area (Å²) < 4.78 is 13.5. The first-order chi connectivity index (χ1) is 8.29. The molecule has 1 aromatic rings. The van der Waals surface area contributed by atoms with Gasteiger partial charge in [-0.25, -0.2) is 4.39 Å². The van der Waals surface area contributed by atoms with Crippen molar-refractivity contribution in [1.82, 2.24) is 10.2 Å². The minimum atomic E-state index is -0.433. The summed E-state index contributed by atoms with van der Waals surface area (Å²) in [6.07, 6.45) is 1.83. The average Bonchev–Trinajstić information content (AvgIpc) is 2.28. The predicted octanol–water partition coefficient (Wildman–Crippen LogP) is 1.65. The smallest absolute Gasteiger partial charge is 0.256 e. The quantitative estimate of drug-likeness (QED) is 0.804. The Bertz CT molecular complexity index is 387. The number of hydrogen-bond donors (Lipinski definition) is 1. The summed E-state index contributed by atoms with van der Waals surface area (Å²) in [6.45, 7) is 3.22. The van der Waals surface area contributed by atoms with Crippen molar-refractivity contribution in [2.45, 2.75) is 12.8 Å². The van der Waals surface area contributed by atoms with E-state index in [0.717, 1.165) is 25.9 Å². The summed E-state index contributed by atoms with van der Waals surface area (Å²) in [6, 6.07) is 6.18. The Kier molecular flexibility index (Phi) is 4.09. The van der Waals surface area contributed by atoms with Crippen molar-refractivity contribution >= 4 is 5.91 Å². The number of halogens is 1.